The molecule has 0 nitrogen and oxygen atoms in total. The van der Waals surface area contributed by atoms with Crippen LogP contribution in [0.4, 0.5) is 0 Å². The topological polar surface area (TPSA) is 0 Å². The second-order valence-corrected chi connectivity index (χ2v) is 11.3. The Morgan fingerprint density at radius 2 is 1.38 bits per heavy atom. The maximum atomic E-state index is 2.42. The maximum absolute atomic E-state index is 2.42. The van der Waals surface area contributed by atoms with Crippen molar-refractivity contribution in [2.24, 2.45) is 0 Å². The molecule has 0 fully saturated rings. The Kier molecular flexibility index (Phi) is 4.21. The summed E-state index contributed by atoms with van der Waals surface area (Å²) in [6.45, 7) is 4.78. The molecule has 1 unspecified atom stereocenters. The number of allylic oxidation sites excluding steroid dienone is 4. The van der Waals surface area contributed by atoms with Crippen molar-refractivity contribution >= 4 is 37.9 Å². The van der Waals surface area contributed by atoms with Gasteiger partial charge in [-0.3, -0.25) is 0 Å². The van der Waals surface area contributed by atoms with Gasteiger partial charge in [-0.05, 0) is 78.2 Å². The third-order valence-electron chi connectivity index (χ3n) is 9.05. The molecule has 0 saturated carbocycles. The fraction of sp³-hybridized carbons (Fsp3) is 0.135. The summed E-state index contributed by atoms with van der Waals surface area (Å²) >= 11 is 0. The molecule has 8 rings (SSSR count). The van der Waals surface area contributed by atoms with Gasteiger partial charge in [0.2, 0.25) is 0 Å². The minimum atomic E-state index is 0.0921. The highest BCUT2D eigenvalue weighted by Gasteiger charge is 2.38. The molecule has 1 atom stereocenters. The van der Waals surface area contributed by atoms with Crippen LogP contribution in [0.1, 0.15) is 42.9 Å². The lowest BCUT2D eigenvalue weighted by molar-refractivity contribution is 0.591. The second-order valence-electron chi connectivity index (χ2n) is 11.3. The van der Waals surface area contributed by atoms with Crippen molar-refractivity contribution in [2.75, 3.05) is 0 Å². The molecule has 0 aromatic heterocycles. The van der Waals surface area contributed by atoms with E-state index in [0.717, 1.165) is 6.42 Å². The molecule has 0 heteroatoms. The summed E-state index contributed by atoms with van der Waals surface area (Å²) in [6, 6.07) is 38.6. The van der Waals surface area contributed by atoms with Gasteiger partial charge >= 0.3 is 0 Å². The highest BCUT2D eigenvalue weighted by atomic mass is 14.4. The predicted molar refractivity (Wildman–Crippen MR) is 158 cm³/mol. The Labute approximate surface area is 217 Å². The molecule has 0 heterocycles. The van der Waals surface area contributed by atoms with Gasteiger partial charge in [-0.1, -0.05) is 129 Å². The quantitative estimate of drug-likeness (QED) is 0.220. The minimum Gasteiger partial charge on any atom is -0.0761 e. The van der Waals surface area contributed by atoms with Crippen LogP contribution in [0.15, 0.2) is 121 Å². The molecule has 0 aliphatic heterocycles. The third kappa shape index (κ3) is 2.90. The summed E-state index contributed by atoms with van der Waals surface area (Å²) in [5.74, 6) is 0.416. The summed E-state index contributed by atoms with van der Waals surface area (Å²) < 4.78 is 0. The Morgan fingerprint density at radius 3 is 2.22 bits per heavy atom. The molecule has 2 aliphatic rings. The first-order chi connectivity index (χ1) is 18.1. The summed E-state index contributed by atoms with van der Waals surface area (Å²) in [5.41, 5.74) is 10.0. The van der Waals surface area contributed by atoms with E-state index in [2.05, 4.69) is 129 Å². The number of benzene rings is 6. The van der Waals surface area contributed by atoms with Gasteiger partial charge in [0, 0.05) is 11.3 Å². The van der Waals surface area contributed by atoms with Crippen LogP contribution in [0.25, 0.3) is 49.0 Å². The lowest BCUT2D eigenvalue weighted by Crippen LogP contribution is -2.19. The molecule has 0 N–H and O–H groups in total. The van der Waals surface area contributed by atoms with E-state index in [9.17, 15) is 0 Å². The third-order valence-corrected chi connectivity index (χ3v) is 9.05. The highest BCUT2D eigenvalue weighted by molar-refractivity contribution is 6.26. The molecule has 6 aromatic rings. The van der Waals surface area contributed by atoms with Gasteiger partial charge in [0.05, 0.1) is 0 Å². The summed E-state index contributed by atoms with van der Waals surface area (Å²) in [6.07, 6.45) is 5.89. The first-order valence-corrected chi connectivity index (χ1v) is 13.4. The first kappa shape index (κ1) is 21.0. The van der Waals surface area contributed by atoms with Crippen LogP contribution >= 0.6 is 0 Å². The average molecular weight is 473 g/mol. The summed E-state index contributed by atoms with van der Waals surface area (Å²) in [4.78, 5) is 0. The van der Waals surface area contributed by atoms with Crippen molar-refractivity contribution in [3.05, 3.63) is 138 Å². The number of hydrogen-bond acceptors (Lipinski definition) is 0. The van der Waals surface area contributed by atoms with E-state index in [-0.39, 0.29) is 5.41 Å². The Bertz CT molecular complexity index is 1910. The van der Waals surface area contributed by atoms with Crippen molar-refractivity contribution < 1.29 is 0 Å². The van der Waals surface area contributed by atoms with Crippen LogP contribution in [0, 0.1) is 0 Å². The van der Waals surface area contributed by atoms with Crippen molar-refractivity contribution in [1.29, 1.82) is 0 Å². The zero-order valence-corrected chi connectivity index (χ0v) is 21.3. The summed E-state index contributed by atoms with van der Waals surface area (Å²) in [5, 5.41) is 8.06. The smallest absolute Gasteiger partial charge is 0.0121 e. The van der Waals surface area contributed by atoms with Gasteiger partial charge < -0.3 is 0 Å². The standard InChI is InChI=1S/C37H28/c1-37(2)33-12-4-3-10-29(33)30-20-19-27(22-34(30)37)23-13-15-24(16-14-23)32-21-28-9-5-7-25-17-18-26-8-6-11-31(32)36(26)35(25)28/h3-21,27H,22H2,1-2H3. The number of rotatable bonds is 2. The van der Waals surface area contributed by atoms with Crippen LogP contribution in [0.3, 0.4) is 0 Å². The van der Waals surface area contributed by atoms with Crippen LogP contribution < -0.4 is 0 Å². The number of fused-ring (bicyclic) bond motifs is 2. The van der Waals surface area contributed by atoms with E-state index in [0.29, 0.717) is 5.92 Å². The highest BCUT2D eigenvalue weighted by Crippen LogP contribution is 2.52. The van der Waals surface area contributed by atoms with Crippen molar-refractivity contribution in [2.45, 2.75) is 31.6 Å². The number of hydrogen-bond donors (Lipinski definition) is 0. The zero-order chi connectivity index (χ0) is 24.7. The van der Waals surface area contributed by atoms with E-state index in [1.54, 1.807) is 5.57 Å². The van der Waals surface area contributed by atoms with E-state index in [4.69, 9.17) is 0 Å². The monoisotopic (exact) mass is 472 g/mol. The van der Waals surface area contributed by atoms with Gasteiger partial charge in [0.25, 0.3) is 0 Å². The molecule has 2 aliphatic carbocycles. The molecule has 37 heavy (non-hydrogen) atoms. The largest absolute Gasteiger partial charge is 0.0761 e. The van der Waals surface area contributed by atoms with Crippen molar-refractivity contribution in [1.82, 2.24) is 0 Å². The fourth-order valence-corrected chi connectivity index (χ4v) is 7.12. The van der Waals surface area contributed by atoms with E-state index >= 15 is 0 Å². The van der Waals surface area contributed by atoms with Crippen molar-refractivity contribution in [3.63, 3.8) is 0 Å². The Morgan fingerprint density at radius 1 is 0.649 bits per heavy atom. The second kappa shape index (κ2) is 7.43. The zero-order valence-electron chi connectivity index (χ0n) is 21.3. The molecule has 176 valence electrons. The maximum Gasteiger partial charge on any atom is 0.0121 e. The first-order valence-electron chi connectivity index (χ1n) is 13.4. The lowest BCUT2D eigenvalue weighted by atomic mass is 9.75. The van der Waals surface area contributed by atoms with Gasteiger partial charge in [-0.15, -0.1) is 0 Å². The van der Waals surface area contributed by atoms with Crippen molar-refractivity contribution in [3.8, 4) is 11.1 Å². The molecular weight excluding hydrogens is 444 g/mol. The van der Waals surface area contributed by atoms with E-state index in [1.165, 1.54) is 65.7 Å². The predicted octanol–water partition coefficient (Wildman–Crippen LogP) is 10.0. The fourth-order valence-electron chi connectivity index (χ4n) is 7.12. The Balaban J connectivity index is 1.19. The van der Waals surface area contributed by atoms with Crippen LogP contribution in [0.5, 0.6) is 0 Å². The van der Waals surface area contributed by atoms with Gasteiger partial charge in [-0.25, -0.2) is 0 Å². The van der Waals surface area contributed by atoms with E-state index < -0.39 is 0 Å². The lowest BCUT2D eigenvalue weighted by Gasteiger charge is -2.29. The average Bonchev–Trinajstić information content (AvgIpc) is 3.18. The van der Waals surface area contributed by atoms with Gasteiger partial charge in [0.1, 0.15) is 0 Å². The van der Waals surface area contributed by atoms with Crippen LogP contribution in [-0.4, -0.2) is 0 Å². The molecule has 0 saturated heterocycles. The van der Waals surface area contributed by atoms with Gasteiger partial charge in [-0.2, -0.15) is 0 Å². The molecule has 0 spiro atoms. The summed E-state index contributed by atoms with van der Waals surface area (Å²) in [7, 11) is 0. The van der Waals surface area contributed by atoms with Crippen LogP contribution in [0.2, 0.25) is 0 Å². The molecule has 0 bridgehead atoms. The van der Waals surface area contributed by atoms with E-state index in [1.807, 2.05) is 0 Å². The minimum absolute atomic E-state index is 0.0921. The molecule has 6 aromatic carbocycles. The Hall–Kier alpha value is -4.16. The molecule has 0 radical (unpaired) electrons. The molecule has 0 amide bonds. The van der Waals surface area contributed by atoms with Crippen LogP contribution in [-0.2, 0) is 5.41 Å². The molecular formula is C37H28. The SMILES string of the molecule is CC1(C)C2=C(C=CC(c3ccc(-c4cc5cccc6ccc7cccc4c7c65)cc3)C2)c2ccccc21. The normalized spacial score (nSPS) is 18.2. The van der Waals surface area contributed by atoms with Gasteiger partial charge in [0.15, 0.2) is 0 Å².